The van der Waals surface area contributed by atoms with Crippen LogP contribution in [-0.2, 0) is 32.1 Å². The average molecular weight is 441 g/mol. The van der Waals surface area contributed by atoms with E-state index in [9.17, 15) is 18.0 Å². The van der Waals surface area contributed by atoms with E-state index < -0.39 is 11.7 Å². The minimum atomic E-state index is -4.40. The molecule has 3 nitrogen and oxygen atoms in total. The summed E-state index contributed by atoms with van der Waals surface area (Å²) < 4.78 is 41.1. The molecule has 1 heterocycles. The number of amides is 1. The third-order valence-corrected chi connectivity index (χ3v) is 6.23. The van der Waals surface area contributed by atoms with Crippen LogP contribution in [0.1, 0.15) is 62.4 Å². The number of benzene rings is 2. The third kappa shape index (κ3) is 4.59. The molecule has 0 spiro atoms. The van der Waals surface area contributed by atoms with E-state index in [1.54, 1.807) is 6.07 Å². The molecule has 0 bridgehead atoms. The summed E-state index contributed by atoms with van der Waals surface area (Å²) in [6.45, 7) is 4.67. The smallest absolute Gasteiger partial charge is 0.347 e. The molecule has 168 valence electrons. The predicted octanol–water partition coefficient (Wildman–Crippen LogP) is 5.98. The molecule has 1 amide bonds. The first-order valence-corrected chi connectivity index (χ1v) is 10.9. The summed E-state index contributed by atoms with van der Waals surface area (Å²) in [7, 11) is 0. The van der Waals surface area contributed by atoms with Crippen molar-refractivity contribution in [3.8, 4) is 0 Å². The molecule has 0 aliphatic heterocycles. The Hall–Kier alpha value is -3.02. The number of carbonyl (C=O) groups is 1. The van der Waals surface area contributed by atoms with Crippen LogP contribution in [0.4, 0.5) is 13.2 Å². The van der Waals surface area contributed by atoms with Crippen LogP contribution >= 0.6 is 0 Å². The monoisotopic (exact) mass is 440 g/mol. The molecular formula is C26H27F3N2O. The van der Waals surface area contributed by atoms with Gasteiger partial charge in [-0.15, -0.1) is 0 Å². The highest BCUT2D eigenvalue weighted by atomic mass is 19.4. The number of halogens is 3. The maximum atomic E-state index is 13.2. The second-order valence-corrected chi connectivity index (χ2v) is 8.56. The molecule has 2 aromatic carbocycles. The minimum Gasteiger partial charge on any atom is -0.347 e. The Bertz CT molecular complexity index is 1130. The van der Waals surface area contributed by atoms with Gasteiger partial charge in [0.15, 0.2) is 0 Å². The van der Waals surface area contributed by atoms with Gasteiger partial charge in [-0.1, -0.05) is 42.0 Å². The van der Waals surface area contributed by atoms with Crippen LogP contribution in [-0.4, -0.2) is 10.5 Å². The van der Waals surface area contributed by atoms with Crippen LogP contribution in [0.25, 0.3) is 0 Å². The second kappa shape index (κ2) is 8.85. The fraction of sp³-hybridized carbons (Fsp3) is 0.346. The molecule has 1 aliphatic carbocycles. The highest BCUT2D eigenvalue weighted by Gasteiger charge is 2.30. The fourth-order valence-corrected chi connectivity index (χ4v) is 4.54. The first kappa shape index (κ1) is 22.2. The number of nitrogens with zero attached hydrogens (tertiary/aromatic N) is 1. The topological polar surface area (TPSA) is 34.0 Å². The quantitative estimate of drug-likeness (QED) is 0.520. The van der Waals surface area contributed by atoms with E-state index >= 15 is 0 Å². The Balaban J connectivity index is 1.61. The molecular weight excluding hydrogens is 413 g/mol. The van der Waals surface area contributed by atoms with Crippen molar-refractivity contribution in [2.24, 2.45) is 0 Å². The highest BCUT2D eigenvalue weighted by molar-refractivity contribution is 5.95. The number of rotatable bonds is 5. The van der Waals surface area contributed by atoms with Gasteiger partial charge >= 0.3 is 6.18 Å². The molecule has 0 fully saturated rings. The Labute approximate surface area is 186 Å². The van der Waals surface area contributed by atoms with Gasteiger partial charge < -0.3 is 9.88 Å². The molecule has 4 rings (SSSR count). The normalized spacial score (nSPS) is 13.7. The maximum Gasteiger partial charge on any atom is 0.416 e. The summed E-state index contributed by atoms with van der Waals surface area (Å²) in [5, 5.41) is 2.85. The number of hydrogen-bond donors (Lipinski definition) is 1. The summed E-state index contributed by atoms with van der Waals surface area (Å²) in [5.74, 6) is -0.249. The van der Waals surface area contributed by atoms with Crippen molar-refractivity contribution < 1.29 is 18.0 Å². The van der Waals surface area contributed by atoms with Gasteiger partial charge in [0.25, 0.3) is 5.91 Å². The molecule has 1 N–H and O–H groups in total. The van der Waals surface area contributed by atoms with Crippen LogP contribution in [0, 0.1) is 13.8 Å². The summed E-state index contributed by atoms with van der Waals surface area (Å²) in [5.41, 5.74) is 6.05. The van der Waals surface area contributed by atoms with E-state index in [0.717, 1.165) is 48.9 Å². The van der Waals surface area contributed by atoms with Gasteiger partial charge in [-0.3, -0.25) is 4.79 Å². The number of aromatic nitrogens is 1. The second-order valence-electron chi connectivity index (χ2n) is 8.56. The largest absolute Gasteiger partial charge is 0.416 e. The summed E-state index contributed by atoms with van der Waals surface area (Å²) >= 11 is 0. The Morgan fingerprint density at radius 3 is 2.44 bits per heavy atom. The van der Waals surface area contributed by atoms with E-state index in [-0.39, 0.29) is 12.5 Å². The number of carbonyl (C=O) groups excluding carboxylic acids is 1. The third-order valence-electron chi connectivity index (χ3n) is 6.23. The SMILES string of the molecule is Cc1ccc(Cn2c3c(c(C)c2C(=O)NCc2cccc(C(F)(F)F)c2)CCCC3)cc1. The lowest BCUT2D eigenvalue weighted by Crippen LogP contribution is -2.27. The number of aryl methyl sites for hydroxylation is 1. The molecule has 32 heavy (non-hydrogen) atoms. The lowest BCUT2D eigenvalue weighted by molar-refractivity contribution is -0.137. The zero-order chi connectivity index (χ0) is 22.9. The average Bonchev–Trinajstić information content (AvgIpc) is 3.05. The molecule has 0 atom stereocenters. The van der Waals surface area contributed by atoms with E-state index in [0.29, 0.717) is 17.8 Å². The highest BCUT2D eigenvalue weighted by Crippen LogP contribution is 2.31. The molecule has 0 saturated heterocycles. The van der Waals surface area contributed by atoms with Crippen LogP contribution in [0.3, 0.4) is 0 Å². The van der Waals surface area contributed by atoms with Crippen molar-refractivity contribution in [3.63, 3.8) is 0 Å². The van der Waals surface area contributed by atoms with E-state index in [4.69, 9.17) is 0 Å². The summed E-state index contributed by atoms with van der Waals surface area (Å²) in [6.07, 6.45) is -0.319. The Kier molecular flexibility index (Phi) is 6.13. The molecule has 0 saturated carbocycles. The van der Waals surface area contributed by atoms with Gasteiger partial charge in [0.1, 0.15) is 5.69 Å². The zero-order valence-corrected chi connectivity index (χ0v) is 18.4. The van der Waals surface area contributed by atoms with Gasteiger partial charge in [-0.05, 0) is 73.9 Å². The van der Waals surface area contributed by atoms with Gasteiger partial charge in [0, 0.05) is 18.8 Å². The summed E-state index contributed by atoms with van der Waals surface area (Å²) in [6, 6.07) is 13.4. The number of hydrogen-bond acceptors (Lipinski definition) is 1. The molecule has 1 aliphatic rings. The van der Waals surface area contributed by atoms with Gasteiger partial charge in [-0.2, -0.15) is 13.2 Å². The van der Waals surface area contributed by atoms with E-state index in [1.807, 2.05) is 13.8 Å². The Morgan fingerprint density at radius 2 is 1.72 bits per heavy atom. The number of nitrogens with one attached hydrogen (secondary N) is 1. The summed E-state index contributed by atoms with van der Waals surface area (Å²) in [4.78, 5) is 13.2. The standard InChI is InChI=1S/C26H27F3N2O/c1-17-10-12-19(13-11-17)16-31-23-9-4-3-8-22(23)18(2)24(31)25(32)30-15-20-6-5-7-21(14-20)26(27,28)29/h5-7,10-14H,3-4,8-9,15-16H2,1-2H3,(H,30,32). The van der Waals surface area contributed by atoms with Crippen LogP contribution in [0.2, 0.25) is 0 Å². The van der Waals surface area contributed by atoms with Gasteiger partial charge in [0.2, 0.25) is 0 Å². The van der Waals surface area contributed by atoms with Crippen molar-refractivity contribution in [2.45, 2.75) is 58.8 Å². The van der Waals surface area contributed by atoms with Crippen molar-refractivity contribution >= 4 is 5.91 Å². The molecule has 3 aromatic rings. The van der Waals surface area contributed by atoms with Crippen LogP contribution in [0.5, 0.6) is 0 Å². The lowest BCUT2D eigenvalue weighted by atomic mass is 9.95. The van der Waals surface area contributed by atoms with Crippen molar-refractivity contribution in [1.29, 1.82) is 0 Å². The molecule has 0 unspecified atom stereocenters. The molecule has 6 heteroatoms. The van der Waals surface area contributed by atoms with Crippen molar-refractivity contribution in [1.82, 2.24) is 9.88 Å². The van der Waals surface area contributed by atoms with Crippen LogP contribution < -0.4 is 5.32 Å². The fourth-order valence-electron chi connectivity index (χ4n) is 4.54. The predicted molar refractivity (Wildman–Crippen MR) is 119 cm³/mol. The first-order chi connectivity index (χ1) is 15.2. The molecule has 0 radical (unpaired) electrons. The van der Waals surface area contributed by atoms with Gasteiger partial charge in [0.05, 0.1) is 5.56 Å². The van der Waals surface area contributed by atoms with Crippen LogP contribution in [0.15, 0.2) is 48.5 Å². The Morgan fingerprint density at radius 1 is 1.00 bits per heavy atom. The molecule has 1 aromatic heterocycles. The first-order valence-electron chi connectivity index (χ1n) is 10.9. The number of fused-ring (bicyclic) bond motifs is 1. The zero-order valence-electron chi connectivity index (χ0n) is 18.4. The van der Waals surface area contributed by atoms with E-state index in [2.05, 4.69) is 34.1 Å². The maximum absolute atomic E-state index is 13.2. The van der Waals surface area contributed by atoms with Crippen molar-refractivity contribution in [2.75, 3.05) is 0 Å². The number of alkyl halides is 3. The van der Waals surface area contributed by atoms with E-state index in [1.165, 1.54) is 22.9 Å². The lowest BCUT2D eigenvalue weighted by Gasteiger charge is -2.17. The van der Waals surface area contributed by atoms with Crippen molar-refractivity contribution in [3.05, 3.63) is 93.3 Å². The van der Waals surface area contributed by atoms with Gasteiger partial charge in [-0.25, -0.2) is 0 Å². The minimum absolute atomic E-state index is 0.0442.